The summed E-state index contributed by atoms with van der Waals surface area (Å²) >= 11 is 0. The number of hydrogen-bond donors (Lipinski definition) is 1. The predicted octanol–water partition coefficient (Wildman–Crippen LogP) is 7.83. The van der Waals surface area contributed by atoms with Gasteiger partial charge >= 0.3 is 0 Å². The van der Waals surface area contributed by atoms with Crippen LogP contribution in [0.3, 0.4) is 0 Å². The van der Waals surface area contributed by atoms with Gasteiger partial charge in [0.2, 0.25) is 0 Å². The lowest BCUT2D eigenvalue weighted by atomic mass is 9.61. The Morgan fingerprint density at radius 3 is 2.55 bits per heavy atom. The van der Waals surface area contributed by atoms with E-state index in [1.165, 1.54) is 81.8 Å². The molecular formula is C28H42O. The van der Waals surface area contributed by atoms with Crippen LogP contribution in [0.1, 0.15) is 104 Å². The molecule has 4 rings (SSSR count). The molecule has 4 aliphatic carbocycles. The summed E-state index contributed by atoms with van der Waals surface area (Å²) in [5, 5.41) is 10.1. The van der Waals surface area contributed by atoms with E-state index < -0.39 is 5.60 Å². The van der Waals surface area contributed by atoms with Crippen molar-refractivity contribution in [2.45, 2.75) is 110 Å². The molecule has 1 nitrogen and oxygen atoms in total. The van der Waals surface area contributed by atoms with E-state index in [0.29, 0.717) is 16.7 Å². The van der Waals surface area contributed by atoms with Crippen molar-refractivity contribution < 1.29 is 5.11 Å². The molecule has 0 aromatic heterocycles. The Kier molecular flexibility index (Phi) is 5.75. The average molecular weight is 395 g/mol. The van der Waals surface area contributed by atoms with Crippen LogP contribution in [0.15, 0.2) is 47.1 Å². The molecule has 4 aliphatic rings. The highest BCUT2D eigenvalue weighted by molar-refractivity contribution is 5.41. The molecule has 0 amide bonds. The van der Waals surface area contributed by atoms with E-state index in [0.717, 1.165) is 12.8 Å². The summed E-state index contributed by atoms with van der Waals surface area (Å²) in [6.45, 7) is 10.8. The molecule has 0 bridgehead atoms. The lowest BCUT2D eigenvalue weighted by Gasteiger charge is -2.43. The molecule has 0 aliphatic heterocycles. The maximum Gasteiger partial charge on any atom is 0.0591 e. The standard InChI is InChI=1S/C28H42O/c1-21-9-5-6-10-22(21)12-13-23-11-7-17-27(4)24(23)14-15-25(27)28(19-20-28)18-8-16-26(2,3)29/h12-13,15,24,29H,1,5-11,14,16-20H2,2-4H3/b22-12-,23-13+. The van der Waals surface area contributed by atoms with Crippen molar-refractivity contribution in [1.82, 2.24) is 0 Å². The Morgan fingerprint density at radius 2 is 1.86 bits per heavy atom. The van der Waals surface area contributed by atoms with Crippen LogP contribution in [-0.2, 0) is 0 Å². The molecule has 1 heteroatoms. The molecule has 0 aromatic rings. The Labute approximate surface area is 179 Å². The van der Waals surface area contributed by atoms with Gasteiger partial charge in [-0.3, -0.25) is 0 Å². The van der Waals surface area contributed by atoms with E-state index in [1.807, 2.05) is 13.8 Å². The van der Waals surface area contributed by atoms with Crippen LogP contribution in [0.25, 0.3) is 0 Å². The van der Waals surface area contributed by atoms with Gasteiger partial charge in [-0.15, -0.1) is 0 Å². The van der Waals surface area contributed by atoms with Crippen LogP contribution in [0.4, 0.5) is 0 Å². The minimum absolute atomic E-state index is 0.372. The van der Waals surface area contributed by atoms with Gasteiger partial charge in [0.25, 0.3) is 0 Å². The number of hydrogen-bond acceptors (Lipinski definition) is 1. The largest absolute Gasteiger partial charge is 0.390 e. The van der Waals surface area contributed by atoms with Crippen molar-refractivity contribution in [2.75, 3.05) is 0 Å². The van der Waals surface area contributed by atoms with E-state index in [2.05, 4.69) is 31.7 Å². The van der Waals surface area contributed by atoms with E-state index in [9.17, 15) is 5.11 Å². The third-order valence-electron chi connectivity index (χ3n) is 8.55. The van der Waals surface area contributed by atoms with Crippen LogP contribution < -0.4 is 0 Å². The second-order valence-corrected chi connectivity index (χ2v) is 11.4. The fourth-order valence-corrected chi connectivity index (χ4v) is 6.71. The summed E-state index contributed by atoms with van der Waals surface area (Å²) in [5.41, 5.74) is 6.69. The zero-order valence-corrected chi connectivity index (χ0v) is 19.2. The third kappa shape index (κ3) is 4.36. The molecule has 0 aromatic carbocycles. The zero-order chi connectivity index (χ0) is 20.7. The number of aliphatic hydroxyl groups is 1. The first-order valence-corrected chi connectivity index (χ1v) is 12.2. The fourth-order valence-electron chi connectivity index (χ4n) is 6.71. The highest BCUT2D eigenvalue weighted by Crippen LogP contribution is 2.67. The van der Waals surface area contributed by atoms with Gasteiger partial charge in [-0.1, -0.05) is 48.5 Å². The molecule has 2 unspecified atom stereocenters. The van der Waals surface area contributed by atoms with Crippen molar-refractivity contribution >= 4 is 0 Å². The molecule has 0 saturated heterocycles. The Morgan fingerprint density at radius 1 is 1.10 bits per heavy atom. The van der Waals surface area contributed by atoms with Crippen molar-refractivity contribution in [3.8, 4) is 0 Å². The summed E-state index contributed by atoms with van der Waals surface area (Å²) in [6, 6.07) is 0. The van der Waals surface area contributed by atoms with Crippen LogP contribution >= 0.6 is 0 Å². The minimum atomic E-state index is -0.524. The van der Waals surface area contributed by atoms with Gasteiger partial charge in [0.05, 0.1) is 5.60 Å². The summed E-state index contributed by atoms with van der Waals surface area (Å²) in [7, 11) is 0. The first-order valence-electron chi connectivity index (χ1n) is 12.2. The molecule has 0 spiro atoms. The van der Waals surface area contributed by atoms with Crippen LogP contribution in [0.2, 0.25) is 0 Å². The van der Waals surface area contributed by atoms with Crippen molar-refractivity contribution in [1.29, 1.82) is 0 Å². The second-order valence-electron chi connectivity index (χ2n) is 11.4. The van der Waals surface area contributed by atoms with Gasteiger partial charge in [-0.05, 0) is 120 Å². The maximum atomic E-state index is 10.1. The van der Waals surface area contributed by atoms with Crippen LogP contribution in [0, 0.1) is 16.7 Å². The van der Waals surface area contributed by atoms with E-state index in [4.69, 9.17) is 0 Å². The number of fused-ring (bicyclic) bond motifs is 1. The molecule has 2 atom stereocenters. The highest BCUT2D eigenvalue weighted by Gasteiger charge is 2.56. The lowest BCUT2D eigenvalue weighted by Crippen LogP contribution is -2.33. The molecule has 0 heterocycles. The van der Waals surface area contributed by atoms with E-state index >= 15 is 0 Å². The van der Waals surface area contributed by atoms with Gasteiger partial charge in [0.15, 0.2) is 0 Å². The van der Waals surface area contributed by atoms with Crippen LogP contribution in [-0.4, -0.2) is 10.7 Å². The first-order chi connectivity index (χ1) is 13.7. The SMILES string of the molecule is C=C1CCCC/C1=C/C=C1\CCCC2(C)C(C3(CCCC(C)(C)O)CC3)=CCC12. The first kappa shape index (κ1) is 21.2. The summed E-state index contributed by atoms with van der Waals surface area (Å²) in [5.74, 6) is 0.715. The average Bonchev–Trinajstić information content (AvgIpc) is 3.33. The topological polar surface area (TPSA) is 20.2 Å². The zero-order valence-electron chi connectivity index (χ0n) is 19.2. The van der Waals surface area contributed by atoms with Crippen LogP contribution in [0.5, 0.6) is 0 Å². The second kappa shape index (κ2) is 7.88. The molecule has 160 valence electrons. The van der Waals surface area contributed by atoms with Crippen molar-refractivity contribution in [2.24, 2.45) is 16.7 Å². The molecule has 0 radical (unpaired) electrons. The number of rotatable bonds is 6. The quantitative estimate of drug-likeness (QED) is 0.455. The maximum absolute atomic E-state index is 10.1. The molecule has 29 heavy (non-hydrogen) atoms. The molecule has 3 fully saturated rings. The molecule has 1 N–H and O–H groups in total. The fraction of sp³-hybridized carbons (Fsp3) is 0.714. The van der Waals surface area contributed by atoms with Gasteiger partial charge < -0.3 is 5.11 Å². The molecule has 3 saturated carbocycles. The minimum Gasteiger partial charge on any atom is -0.390 e. The monoisotopic (exact) mass is 394 g/mol. The number of allylic oxidation sites excluding steroid dienone is 7. The predicted molar refractivity (Wildman–Crippen MR) is 124 cm³/mol. The van der Waals surface area contributed by atoms with Gasteiger partial charge in [0, 0.05) is 0 Å². The van der Waals surface area contributed by atoms with Gasteiger partial charge in [0.1, 0.15) is 0 Å². The van der Waals surface area contributed by atoms with Crippen molar-refractivity contribution in [3.63, 3.8) is 0 Å². The Bertz CT molecular complexity index is 737. The summed E-state index contributed by atoms with van der Waals surface area (Å²) < 4.78 is 0. The normalized spacial score (nSPS) is 34.4. The Hall–Kier alpha value is -1.08. The summed E-state index contributed by atoms with van der Waals surface area (Å²) in [6.07, 6.45) is 23.9. The highest BCUT2D eigenvalue weighted by atomic mass is 16.3. The molecular weight excluding hydrogens is 352 g/mol. The van der Waals surface area contributed by atoms with Gasteiger partial charge in [-0.2, -0.15) is 0 Å². The summed E-state index contributed by atoms with van der Waals surface area (Å²) in [4.78, 5) is 0. The van der Waals surface area contributed by atoms with E-state index in [-0.39, 0.29) is 0 Å². The smallest absolute Gasteiger partial charge is 0.0591 e. The Balaban J connectivity index is 1.48. The third-order valence-corrected chi connectivity index (χ3v) is 8.55. The lowest BCUT2D eigenvalue weighted by molar-refractivity contribution is 0.0664. The van der Waals surface area contributed by atoms with Crippen molar-refractivity contribution in [3.05, 3.63) is 47.1 Å². The van der Waals surface area contributed by atoms with E-state index in [1.54, 1.807) is 11.1 Å². The van der Waals surface area contributed by atoms with Gasteiger partial charge in [-0.25, -0.2) is 0 Å².